The van der Waals surface area contributed by atoms with Crippen molar-refractivity contribution in [3.8, 4) is 34.6 Å². The van der Waals surface area contributed by atoms with Gasteiger partial charge in [-0.25, -0.2) is 4.98 Å². The highest BCUT2D eigenvalue weighted by Crippen LogP contribution is 2.33. The van der Waals surface area contributed by atoms with E-state index in [1.165, 1.54) is 0 Å². The first-order chi connectivity index (χ1) is 14.2. The monoisotopic (exact) mass is 402 g/mol. The summed E-state index contributed by atoms with van der Waals surface area (Å²) in [6.07, 6.45) is 3.33. The Balaban J connectivity index is 1.51. The van der Waals surface area contributed by atoms with Crippen LogP contribution >= 0.6 is 11.6 Å². The molecule has 0 aliphatic heterocycles. The van der Waals surface area contributed by atoms with Gasteiger partial charge in [0.1, 0.15) is 29.0 Å². The van der Waals surface area contributed by atoms with Crippen molar-refractivity contribution < 1.29 is 9.47 Å². The molecule has 2 aromatic carbocycles. The quantitative estimate of drug-likeness (QED) is 0.438. The number of ether oxygens (including phenoxy) is 2. The van der Waals surface area contributed by atoms with E-state index >= 15 is 0 Å². The fourth-order valence-corrected chi connectivity index (χ4v) is 2.92. The summed E-state index contributed by atoms with van der Waals surface area (Å²) in [4.78, 5) is 3.96. The summed E-state index contributed by atoms with van der Waals surface area (Å²) in [6.45, 7) is 0.376. The minimum absolute atomic E-state index is 0.376. The molecule has 0 aliphatic rings. The van der Waals surface area contributed by atoms with Gasteiger partial charge in [-0.2, -0.15) is 10.4 Å². The Kier molecular flexibility index (Phi) is 5.41. The summed E-state index contributed by atoms with van der Waals surface area (Å²) in [7, 11) is 0. The standard InChI is InChI=1S/C22H15ClN4O2/c23-21-10-16(8-9-25-21)14-28-19-3-1-2-17(11-19)22-20(13-26-27-22)29-18-6-4-15(12-24)5-7-18/h1-11,13H,14H2,(H,26,27). The summed E-state index contributed by atoms with van der Waals surface area (Å²) in [5.41, 5.74) is 3.01. The number of aromatic nitrogens is 3. The first-order valence-corrected chi connectivity index (χ1v) is 9.14. The smallest absolute Gasteiger partial charge is 0.173 e. The summed E-state index contributed by atoms with van der Waals surface area (Å²) >= 11 is 5.91. The number of rotatable bonds is 6. The van der Waals surface area contributed by atoms with Gasteiger partial charge >= 0.3 is 0 Å². The van der Waals surface area contributed by atoms with E-state index in [1.54, 1.807) is 42.7 Å². The minimum Gasteiger partial charge on any atom is -0.489 e. The van der Waals surface area contributed by atoms with E-state index in [9.17, 15) is 0 Å². The largest absolute Gasteiger partial charge is 0.489 e. The van der Waals surface area contributed by atoms with Crippen molar-refractivity contribution in [3.05, 3.63) is 89.3 Å². The van der Waals surface area contributed by atoms with Gasteiger partial charge in [0, 0.05) is 11.8 Å². The number of H-pyrrole nitrogens is 1. The van der Waals surface area contributed by atoms with Gasteiger partial charge in [0.25, 0.3) is 0 Å². The Labute approximate surface area is 172 Å². The molecule has 1 N–H and O–H groups in total. The molecule has 2 heterocycles. The van der Waals surface area contributed by atoms with Crippen molar-refractivity contribution in [1.82, 2.24) is 15.2 Å². The Hall–Kier alpha value is -3.82. The van der Waals surface area contributed by atoms with Gasteiger partial charge in [-0.05, 0) is 54.1 Å². The zero-order valence-electron chi connectivity index (χ0n) is 15.2. The fourth-order valence-electron chi connectivity index (χ4n) is 2.72. The molecule has 0 amide bonds. The molecule has 0 bridgehead atoms. The van der Waals surface area contributed by atoms with Crippen molar-refractivity contribution in [2.75, 3.05) is 0 Å². The number of hydrogen-bond donors (Lipinski definition) is 1. The first-order valence-electron chi connectivity index (χ1n) is 8.77. The van der Waals surface area contributed by atoms with Crippen LogP contribution in [0, 0.1) is 11.3 Å². The zero-order valence-corrected chi connectivity index (χ0v) is 15.9. The van der Waals surface area contributed by atoms with Crippen LogP contribution in [0.2, 0.25) is 5.15 Å². The van der Waals surface area contributed by atoms with E-state index in [0.717, 1.165) is 11.1 Å². The molecule has 7 heteroatoms. The molecule has 6 nitrogen and oxygen atoms in total. The predicted octanol–water partition coefficient (Wildman–Crippen LogP) is 5.37. The van der Waals surface area contributed by atoms with Gasteiger partial charge in [0.2, 0.25) is 0 Å². The van der Waals surface area contributed by atoms with Crippen LogP contribution in [0.3, 0.4) is 0 Å². The van der Waals surface area contributed by atoms with E-state index in [-0.39, 0.29) is 0 Å². The van der Waals surface area contributed by atoms with Crippen molar-refractivity contribution in [1.29, 1.82) is 5.26 Å². The van der Waals surface area contributed by atoms with Crippen LogP contribution in [0.4, 0.5) is 0 Å². The molecule has 4 aromatic rings. The number of nitrogens with zero attached hydrogens (tertiary/aromatic N) is 3. The van der Waals surface area contributed by atoms with Crippen molar-refractivity contribution in [2.45, 2.75) is 6.61 Å². The topological polar surface area (TPSA) is 83.8 Å². The summed E-state index contributed by atoms with van der Waals surface area (Å²) in [5, 5.41) is 16.5. The lowest BCUT2D eigenvalue weighted by atomic mass is 10.1. The molecule has 29 heavy (non-hydrogen) atoms. The van der Waals surface area contributed by atoms with E-state index in [2.05, 4.69) is 21.3 Å². The average molecular weight is 403 g/mol. The van der Waals surface area contributed by atoms with E-state index in [0.29, 0.717) is 40.3 Å². The Morgan fingerprint density at radius 3 is 2.69 bits per heavy atom. The molecule has 2 aromatic heterocycles. The van der Waals surface area contributed by atoms with Crippen LogP contribution in [-0.4, -0.2) is 15.2 Å². The highest BCUT2D eigenvalue weighted by Gasteiger charge is 2.12. The van der Waals surface area contributed by atoms with Crippen LogP contribution in [0.15, 0.2) is 73.1 Å². The molecule has 0 atom stereocenters. The highest BCUT2D eigenvalue weighted by atomic mass is 35.5. The van der Waals surface area contributed by atoms with E-state index in [4.69, 9.17) is 26.3 Å². The van der Waals surface area contributed by atoms with Gasteiger partial charge in [-0.3, -0.25) is 5.10 Å². The van der Waals surface area contributed by atoms with Crippen molar-refractivity contribution in [3.63, 3.8) is 0 Å². The molecule has 0 saturated heterocycles. The third kappa shape index (κ3) is 4.54. The lowest BCUT2D eigenvalue weighted by Gasteiger charge is -2.09. The lowest BCUT2D eigenvalue weighted by Crippen LogP contribution is -1.96. The Bertz CT molecular complexity index is 1170. The van der Waals surface area contributed by atoms with E-state index < -0.39 is 0 Å². The molecular weight excluding hydrogens is 388 g/mol. The maximum Gasteiger partial charge on any atom is 0.173 e. The second-order valence-corrected chi connectivity index (χ2v) is 6.53. The SMILES string of the molecule is N#Cc1ccc(Oc2c[nH]nc2-c2cccc(OCc3ccnc(Cl)c3)c2)cc1. The summed E-state index contributed by atoms with van der Waals surface area (Å²) < 4.78 is 11.8. The number of nitrogens with one attached hydrogen (secondary N) is 1. The fraction of sp³-hybridized carbons (Fsp3) is 0.0455. The minimum atomic E-state index is 0.376. The Morgan fingerprint density at radius 1 is 1.03 bits per heavy atom. The second kappa shape index (κ2) is 8.46. The molecule has 0 radical (unpaired) electrons. The summed E-state index contributed by atoms with van der Waals surface area (Å²) in [6, 6.07) is 20.2. The lowest BCUT2D eigenvalue weighted by molar-refractivity contribution is 0.306. The van der Waals surface area contributed by atoms with Crippen LogP contribution in [0.5, 0.6) is 17.2 Å². The zero-order chi connectivity index (χ0) is 20.1. The molecule has 0 aliphatic carbocycles. The van der Waals surface area contributed by atoms with Crippen molar-refractivity contribution in [2.24, 2.45) is 0 Å². The van der Waals surface area contributed by atoms with Crippen molar-refractivity contribution >= 4 is 11.6 Å². The molecule has 0 fully saturated rings. The number of benzene rings is 2. The van der Waals surface area contributed by atoms with Gasteiger partial charge in [0.15, 0.2) is 5.75 Å². The number of hydrogen-bond acceptors (Lipinski definition) is 5. The predicted molar refractivity (Wildman–Crippen MR) is 109 cm³/mol. The van der Waals surface area contributed by atoms with Gasteiger partial charge in [-0.1, -0.05) is 23.7 Å². The number of pyridine rings is 1. The van der Waals surface area contributed by atoms with Crippen LogP contribution in [0.1, 0.15) is 11.1 Å². The average Bonchev–Trinajstić information content (AvgIpc) is 3.21. The second-order valence-electron chi connectivity index (χ2n) is 6.14. The third-order valence-electron chi connectivity index (χ3n) is 4.12. The maximum absolute atomic E-state index is 8.91. The summed E-state index contributed by atoms with van der Waals surface area (Å²) in [5.74, 6) is 1.89. The van der Waals surface area contributed by atoms with Gasteiger partial charge < -0.3 is 9.47 Å². The molecule has 0 spiro atoms. The molecule has 4 rings (SSSR count). The highest BCUT2D eigenvalue weighted by molar-refractivity contribution is 6.29. The number of aromatic amines is 1. The normalized spacial score (nSPS) is 10.3. The molecule has 0 unspecified atom stereocenters. The first kappa shape index (κ1) is 18.5. The number of halogens is 1. The van der Waals surface area contributed by atoms with Gasteiger partial charge in [-0.15, -0.1) is 0 Å². The third-order valence-corrected chi connectivity index (χ3v) is 4.33. The maximum atomic E-state index is 8.91. The molecular formula is C22H15ClN4O2. The van der Waals surface area contributed by atoms with Crippen LogP contribution < -0.4 is 9.47 Å². The van der Waals surface area contributed by atoms with Crippen LogP contribution in [-0.2, 0) is 6.61 Å². The number of nitriles is 1. The van der Waals surface area contributed by atoms with Gasteiger partial charge in [0.05, 0.1) is 17.8 Å². The van der Waals surface area contributed by atoms with E-state index in [1.807, 2.05) is 30.3 Å². The molecule has 0 saturated carbocycles. The van der Waals surface area contributed by atoms with Crippen LogP contribution in [0.25, 0.3) is 11.3 Å². The molecule has 142 valence electrons. The Morgan fingerprint density at radius 2 is 1.90 bits per heavy atom.